The third-order valence-corrected chi connectivity index (χ3v) is 3.01. The Morgan fingerprint density at radius 2 is 2.29 bits per heavy atom. The van der Waals surface area contributed by atoms with E-state index >= 15 is 0 Å². The predicted molar refractivity (Wildman–Crippen MR) is 57.4 cm³/mol. The monoisotopic (exact) mass is 201 g/mol. The van der Waals surface area contributed by atoms with Gasteiger partial charge < -0.3 is 15.2 Å². The molecule has 2 N–H and O–H groups in total. The van der Waals surface area contributed by atoms with E-state index in [1.54, 1.807) is 0 Å². The minimum Gasteiger partial charge on any atom is -0.395 e. The molecule has 0 aromatic heterocycles. The first-order valence-electron chi connectivity index (χ1n) is 5.78. The number of aliphatic hydroxyl groups excluding tert-OH is 1. The van der Waals surface area contributed by atoms with Crippen molar-refractivity contribution in [1.82, 2.24) is 5.32 Å². The number of ether oxygens (including phenoxy) is 1. The normalized spacial score (nSPS) is 30.2. The number of rotatable bonds is 5. The number of nitrogens with one attached hydrogen (secondary N) is 1. The Balaban J connectivity index is 2.29. The zero-order valence-electron chi connectivity index (χ0n) is 9.33. The molecule has 1 saturated heterocycles. The Morgan fingerprint density at radius 3 is 2.86 bits per heavy atom. The average molecular weight is 201 g/mol. The quantitative estimate of drug-likeness (QED) is 0.704. The summed E-state index contributed by atoms with van der Waals surface area (Å²) in [7, 11) is 0. The van der Waals surface area contributed by atoms with Crippen LogP contribution in [-0.4, -0.2) is 36.5 Å². The molecule has 0 aromatic rings. The Kier molecular flexibility index (Phi) is 5.45. The lowest BCUT2D eigenvalue weighted by molar-refractivity contribution is -0.00335. The molecule has 0 saturated carbocycles. The maximum absolute atomic E-state index is 9.09. The summed E-state index contributed by atoms with van der Waals surface area (Å²) in [6.07, 6.45) is 4.66. The van der Waals surface area contributed by atoms with Crippen LogP contribution >= 0.6 is 0 Å². The highest BCUT2D eigenvalue weighted by atomic mass is 16.5. The van der Waals surface area contributed by atoms with Gasteiger partial charge in [-0.25, -0.2) is 0 Å². The van der Waals surface area contributed by atoms with Crippen LogP contribution in [-0.2, 0) is 4.74 Å². The molecule has 3 nitrogen and oxygen atoms in total. The van der Waals surface area contributed by atoms with Crippen molar-refractivity contribution in [2.45, 2.75) is 57.7 Å². The van der Waals surface area contributed by atoms with Crippen molar-refractivity contribution in [3.63, 3.8) is 0 Å². The molecular formula is C11H23NO2. The summed E-state index contributed by atoms with van der Waals surface area (Å²) >= 11 is 0. The van der Waals surface area contributed by atoms with Gasteiger partial charge in [-0.2, -0.15) is 0 Å². The van der Waals surface area contributed by atoms with Gasteiger partial charge in [-0.15, -0.1) is 0 Å². The molecular weight excluding hydrogens is 178 g/mol. The maximum atomic E-state index is 9.09. The van der Waals surface area contributed by atoms with E-state index in [4.69, 9.17) is 9.84 Å². The van der Waals surface area contributed by atoms with Gasteiger partial charge >= 0.3 is 0 Å². The standard InChI is InChI=1S/C11H23NO2/c1-3-9(8-13)12-10-5-6-14-11(4-2)7-10/h9-13H,3-8H2,1-2H3/t9-,10?,11?/m0/s1. The SMILES string of the molecule is CCC1CC(N[C@@H](CC)CO)CCO1. The van der Waals surface area contributed by atoms with E-state index in [1.165, 1.54) is 0 Å². The van der Waals surface area contributed by atoms with Gasteiger partial charge in [-0.05, 0) is 25.7 Å². The van der Waals surface area contributed by atoms with Crippen LogP contribution < -0.4 is 5.32 Å². The number of hydrogen-bond acceptors (Lipinski definition) is 3. The predicted octanol–water partition coefficient (Wildman–Crippen LogP) is 1.30. The van der Waals surface area contributed by atoms with Crippen LogP contribution in [0.1, 0.15) is 39.5 Å². The highest BCUT2D eigenvalue weighted by molar-refractivity contribution is 4.79. The molecule has 3 heteroatoms. The Bertz CT molecular complexity index is 148. The van der Waals surface area contributed by atoms with Crippen molar-refractivity contribution in [1.29, 1.82) is 0 Å². The average Bonchev–Trinajstić information content (AvgIpc) is 2.26. The molecule has 1 rings (SSSR count). The first kappa shape index (κ1) is 12.0. The van der Waals surface area contributed by atoms with Gasteiger partial charge in [0.1, 0.15) is 0 Å². The Labute approximate surface area is 86.8 Å². The summed E-state index contributed by atoms with van der Waals surface area (Å²) in [5.41, 5.74) is 0. The van der Waals surface area contributed by atoms with Gasteiger partial charge in [0.05, 0.1) is 12.7 Å². The Hall–Kier alpha value is -0.120. The summed E-state index contributed by atoms with van der Waals surface area (Å²) in [4.78, 5) is 0. The van der Waals surface area contributed by atoms with Crippen LogP contribution in [0.3, 0.4) is 0 Å². The zero-order valence-corrected chi connectivity index (χ0v) is 9.33. The van der Waals surface area contributed by atoms with Crippen molar-refractivity contribution in [3.05, 3.63) is 0 Å². The van der Waals surface area contributed by atoms with Crippen LogP contribution in [0.4, 0.5) is 0 Å². The van der Waals surface area contributed by atoms with Crippen LogP contribution in [0.2, 0.25) is 0 Å². The second-order valence-corrected chi connectivity index (χ2v) is 4.08. The molecule has 1 aliphatic rings. The van der Waals surface area contributed by atoms with E-state index in [1.807, 2.05) is 0 Å². The van der Waals surface area contributed by atoms with E-state index in [9.17, 15) is 0 Å². The molecule has 1 aliphatic heterocycles. The molecule has 0 aliphatic carbocycles. The molecule has 0 radical (unpaired) electrons. The summed E-state index contributed by atoms with van der Waals surface area (Å²) < 4.78 is 5.60. The molecule has 1 heterocycles. The molecule has 0 spiro atoms. The topological polar surface area (TPSA) is 41.5 Å². The molecule has 1 fully saturated rings. The van der Waals surface area contributed by atoms with Crippen molar-refractivity contribution < 1.29 is 9.84 Å². The van der Waals surface area contributed by atoms with Crippen LogP contribution in [0, 0.1) is 0 Å². The van der Waals surface area contributed by atoms with E-state index in [0.29, 0.717) is 12.1 Å². The van der Waals surface area contributed by atoms with Crippen molar-refractivity contribution in [2.75, 3.05) is 13.2 Å². The van der Waals surface area contributed by atoms with Crippen molar-refractivity contribution in [2.24, 2.45) is 0 Å². The lowest BCUT2D eigenvalue weighted by Crippen LogP contribution is -2.45. The zero-order chi connectivity index (χ0) is 10.4. The fourth-order valence-corrected chi connectivity index (χ4v) is 1.95. The van der Waals surface area contributed by atoms with Crippen molar-refractivity contribution in [3.8, 4) is 0 Å². The van der Waals surface area contributed by atoms with Gasteiger partial charge in [-0.3, -0.25) is 0 Å². The van der Waals surface area contributed by atoms with Gasteiger partial charge in [0.15, 0.2) is 0 Å². The fraction of sp³-hybridized carbons (Fsp3) is 1.00. The Morgan fingerprint density at radius 1 is 1.50 bits per heavy atom. The second kappa shape index (κ2) is 6.38. The largest absolute Gasteiger partial charge is 0.395 e. The van der Waals surface area contributed by atoms with E-state index in [2.05, 4.69) is 19.2 Å². The molecule has 0 aromatic carbocycles. The van der Waals surface area contributed by atoms with Gasteiger partial charge in [-0.1, -0.05) is 13.8 Å². The lowest BCUT2D eigenvalue weighted by atomic mass is 10.0. The van der Waals surface area contributed by atoms with Gasteiger partial charge in [0.25, 0.3) is 0 Å². The minimum atomic E-state index is 0.241. The smallest absolute Gasteiger partial charge is 0.0587 e. The third-order valence-electron chi connectivity index (χ3n) is 3.01. The molecule has 14 heavy (non-hydrogen) atoms. The molecule has 0 bridgehead atoms. The van der Waals surface area contributed by atoms with Crippen LogP contribution in [0.25, 0.3) is 0 Å². The highest BCUT2D eigenvalue weighted by Gasteiger charge is 2.22. The summed E-state index contributed by atoms with van der Waals surface area (Å²) in [5, 5.41) is 12.6. The molecule has 3 atom stereocenters. The van der Waals surface area contributed by atoms with Crippen LogP contribution in [0.15, 0.2) is 0 Å². The number of aliphatic hydroxyl groups is 1. The summed E-state index contributed by atoms with van der Waals surface area (Å²) in [5.74, 6) is 0. The van der Waals surface area contributed by atoms with Crippen molar-refractivity contribution >= 4 is 0 Å². The first-order chi connectivity index (χ1) is 6.80. The van der Waals surface area contributed by atoms with Gasteiger partial charge in [0.2, 0.25) is 0 Å². The van der Waals surface area contributed by atoms with E-state index in [0.717, 1.165) is 32.3 Å². The first-order valence-corrected chi connectivity index (χ1v) is 5.78. The molecule has 84 valence electrons. The number of hydrogen-bond donors (Lipinski definition) is 2. The lowest BCUT2D eigenvalue weighted by Gasteiger charge is -2.32. The minimum absolute atomic E-state index is 0.241. The molecule has 2 unspecified atom stereocenters. The summed E-state index contributed by atoms with van der Waals surface area (Å²) in [6, 6.07) is 0.793. The second-order valence-electron chi connectivity index (χ2n) is 4.08. The third kappa shape index (κ3) is 3.56. The molecule has 0 amide bonds. The fourth-order valence-electron chi connectivity index (χ4n) is 1.95. The van der Waals surface area contributed by atoms with Gasteiger partial charge in [0, 0.05) is 18.7 Å². The maximum Gasteiger partial charge on any atom is 0.0587 e. The van der Waals surface area contributed by atoms with E-state index in [-0.39, 0.29) is 12.6 Å². The highest BCUT2D eigenvalue weighted by Crippen LogP contribution is 2.16. The summed E-state index contributed by atoms with van der Waals surface area (Å²) in [6.45, 7) is 5.36. The van der Waals surface area contributed by atoms with Crippen LogP contribution in [0.5, 0.6) is 0 Å². The van der Waals surface area contributed by atoms with E-state index < -0.39 is 0 Å².